The minimum absolute atomic E-state index is 0.0471. The predicted molar refractivity (Wildman–Crippen MR) is 98.6 cm³/mol. The molecule has 0 unspecified atom stereocenters. The Balaban J connectivity index is 1.99. The van der Waals surface area contributed by atoms with Crippen molar-refractivity contribution in [3.63, 3.8) is 0 Å². The zero-order valence-corrected chi connectivity index (χ0v) is 14.7. The topological polar surface area (TPSA) is 34.9 Å². The third-order valence-electron chi connectivity index (χ3n) is 4.68. The average Bonchev–Trinajstić information content (AvgIpc) is 2.89. The number of nitrogens with zero attached hydrogens (tertiary/aromatic N) is 2. The lowest BCUT2D eigenvalue weighted by molar-refractivity contribution is 0.0944. The van der Waals surface area contributed by atoms with E-state index in [4.69, 9.17) is 0 Å². The molecule has 3 rings (SSSR count). The quantitative estimate of drug-likeness (QED) is 0.615. The van der Waals surface area contributed by atoms with Gasteiger partial charge in [0.2, 0.25) is 0 Å². The second-order valence-electron chi connectivity index (χ2n) is 6.35. The number of carbonyl (C=O) groups excluding carboxylic acids is 1. The fraction of sp³-hybridized carbons (Fsp3) is 0.333. The Kier molecular flexibility index (Phi) is 4.79. The molecule has 0 N–H and O–H groups in total. The number of benzene rings is 2. The summed E-state index contributed by atoms with van der Waals surface area (Å²) in [6.07, 6.45) is 4.54. The first kappa shape index (κ1) is 16.4. The first-order valence-electron chi connectivity index (χ1n) is 8.71. The van der Waals surface area contributed by atoms with Gasteiger partial charge in [0, 0.05) is 11.3 Å². The van der Waals surface area contributed by atoms with Crippen molar-refractivity contribution in [3.8, 4) is 0 Å². The minimum atomic E-state index is -0.0471. The van der Waals surface area contributed by atoms with Crippen LogP contribution in [0.1, 0.15) is 53.5 Å². The molecule has 24 heavy (non-hydrogen) atoms. The number of unbranched alkanes of at least 4 members (excludes halogenated alkanes) is 2. The van der Waals surface area contributed by atoms with Crippen LogP contribution in [0, 0.1) is 13.8 Å². The average molecular weight is 320 g/mol. The number of aromatic nitrogens is 2. The molecular formula is C21H24N2O. The Morgan fingerprint density at radius 1 is 1.04 bits per heavy atom. The number of aryl methyl sites for hydroxylation is 1. The van der Waals surface area contributed by atoms with Gasteiger partial charge in [-0.05, 0) is 49.1 Å². The molecule has 0 bridgehead atoms. The molecule has 0 radical (unpaired) electrons. The van der Waals surface area contributed by atoms with Crippen molar-refractivity contribution in [1.82, 2.24) is 9.78 Å². The zero-order valence-electron chi connectivity index (χ0n) is 14.7. The van der Waals surface area contributed by atoms with Gasteiger partial charge in [0.15, 0.2) is 0 Å². The third-order valence-corrected chi connectivity index (χ3v) is 4.68. The standard InChI is InChI=1S/C21H24N2O/c1-4-5-6-12-18-15(2)22-23(16(18)3)21(24)20-14-9-11-17-10-7-8-13-19(17)20/h7-11,13-14H,4-6,12H2,1-3H3. The van der Waals surface area contributed by atoms with E-state index in [0.717, 1.165) is 35.0 Å². The number of hydrogen-bond donors (Lipinski definition) is 0. The Labute approximate surface area is 143 Å². The van der Waals surface area contributed by atoms with E-state index in [1.54, 1.807) is 4.68 Å². The van der Waals surface area contributed by atoms with Crippen molar-refractivity contribution in [2.24, 2.45) is 0 Å². The fourth-order valence-corrected chi connectivity index (χ4v) is 3.31. The maximum Gasteiger partial charge on any atom is 0.279 e. The van der Waals surface area contributed by atoms with E-state index < -0.39 is 0 Å². The van der Waals surface area contributed by atoms with Crippen LogP contribution in [0.5, 0.6) is 0 Å². The lowest BCUT2D eigenvalue weighted by Gasteiger charge is -2.07. The summed E-state index contributed by atoms with van der Waals surface area (Å²) < 4.78 is 1.58. The van der Waals surface area contributed by atoms with Crippen molar-refractivity contribution in [2.45, 2.75) is 46.5 Å². The van der Waals surface area contributed by atoms with Gasteiger partial charge in [0.1, 0.15) is 0 Å². The maximum atomic E-state index is 13.1. The molecule has 1 aromatic heterocycles. The molecule has 0 saturated carbocycles. The number of fused-ring (bicyclic) bond motifs is 1. The van der Waals surface area contributed by atoms with E-state index in [1.165, 1.54) is 18.4 Å². The van der Waals surface area contributed by atoms with Gasteiger partial charge in [0.25, 0.3) is 5.91 Å². The van der Waals surface area contributed by atoms with Crippen LogP contribution in [0.2, 0.25) is 0 Å². The molecule has 3 aromatic rings. The molecule has 2 aromatic carbocycles. The Morgan fingerprint density at radius 2 is 1.79 bits per heavy atom. The molecule has 0 aliphatic rings. The zero-order chi connectivity index (χ0) is 17.1. The van der Waals surface area contributed by atoms with Crippen molar-refractivity contribution in [1.29, 1.82) is 0 Å². The van der Waals surface area contributed by atoms with Crippen molar-refractivity contribution in [3.05, 3.63) is 65.0 Å². The summed E-state index contributed by atoms with van der Waals surface area (Å²) in [6.45, 7) is 6.21. The third kappa shape index (κ3) is 2.99. The number of rotatable bonds is 5. The smallest absolute Gasteiger partial charge is 0.267 e. The number of carbonyl (C=O) groups is 1. The summed E-state index contributed by atoms with van der Waals surface area (Å²) >= 11 is 0. The van der Waals surface area contributed by atoms with Crippen LogP contribution < -0.4 is 0 Å². The van der Waals surface area contributed by atoms with E-state index >= 15 is 0 Å². The predicted octanol–water partition coefficient (Wildman–Crippen LogP) is 5.07. The monoisotopic (exact) mass is 320 g/mol. The lowest BCUT2D eigenvalue weighted by Crippen LogP contribution is -2.16. The van der Waals surface area contributed by atoms with E-state index in [9.17, 15) is 4.79 Å². The molecular weight excluding hydrogens is 296 g/mol. The van der Waals surface area contributed by atoms with E-state index in [2.05, 4.69) is 12.0 Å². The van der Waals surface area contributed by atoms with Crippen LogP contribution in [0.15, 0.2) is 42.5 Å². The summed E-state index contributed by atoms with van der Waals surface area (Å²) in [4.78, 5) is 13.1. The highest BCUT2D eigenvalue weighted by atomic mass is 16.2. The number of hydrogen-bond acceptors (Lipinski definition) is 2. The van der Waals surface area contributed by atoms with Crippen LogP contribution in [0.3, 0.4) is 0 Å². The van der Waals surface area contributed by atoms with Crippen molar-refractivity contribution < 1.29 is 4.79 Å². The van der Waals surface area contributed by atoms with Gasteiger partial charge in [-0.25, -0.2) is 4.68 Å². The SMILES string of the molecule is CCCCCc1c(C)nn(C(=O)c2cccc3ccccc23)c1C. The molecule has 0 aliphatic heterocycles. The Hall–Kier alpha value is -2.42. The first-order chi connectivity index (χ1) is 11.6. The molecule has 0 atom stereocenters. The highest BCUT2D eigenvalue weighted by Gasteiger charge is 2.19. The molecule has 3 heteroatoms. The molecule has 124 valence electrons. The molecule has 0 fully saturated rings. The summed E-state index contributed by atoms with van der Waals surface area (Å²) in [5.41, 5.74) is 3.87. The van der Waals surface area contributed by atoms with Crippen LogP contribution in [0.25, 0.3) is 10.8 Å². The molecule has 3 nitrogen and oxygen atoms in total. The van der Waals surface area contributed by atoms with E-state index in [0.29, 0.717) is 5.56 Å². The van der Waals surface area contributed by atoms with E-state index in [-0.39, 0.29) is 5.91 Å². The van der Waals surface area contributed by atoms with Gasteiger partial charge in [-0.15, -0.1) is 0 Å². The Morgan fingerprint density at radius 3 is 2.58 bits per heavy atom. The summed E-state index contributed by atoms with van der Waals surface area (Å²) in [6, 6.07) is 13.8. The second-order valence-corrected chi connectivity index (χ2v) is 6.35. The molecule has 0 saturated heterocycles. The van der Waals surface area contributed by atoms with Gasteiger partial charge in [-0.3, -0.25) is 4.79 Å². The lowest BCUT2D eigenvalue weighted by atomic mass is 10.0. The maximum absolute atomic E-state index is 13.1. The van der Waals surface area contributed by atoms with Gasteiger partial charge in [-0.2, -0.15) is 5.10 Å². The fourth-order valence-electron chi connectivity index (χ4n) is 3.31. The second kappa shape index (κ2) is 7.00. The van der Waals surface area contributed by atoms with Gasteiger partial charge in [0.05, 0.1) is 5.69 Å². The summed E-state index contributed by atoms with van der Waals surface area (Å²) in [5, 5.41) is 6.59. The largest absolute Gasteiger partial charge is 0.279 e. The Bertz CT molecular complexity index is 871. The molecule has 1 heterocycles. The highest BCUT2D eigenvalue weighted by Crippen LogP contribution is 2.22. The van der Waals surface area contributed by atoms with Gasteiger partial charge < -0.3 is 0 Å². The van der Waals surface area contributed by atoms with Gasteiger partial charge >= 0.3 is 0 Å². The molecule has 0 aliphatic carbocycles. The molecule has 0 spiro atoms. The van der Waals surface area contributed by atoms with Crippen LogP contribution in [-0.4, -0.2) is 15.7 Å². The normalized spacial score (nSPS) is 11.1. The van der Waals surface area contributed by atoms with Crippen molar-refractivity contribution >= 4 is 16.7 Å². The highest BCUT2D eigenvalue weighted by molar-refractivity contribution is 6.07. The minimum Gasteiger partial charge on any atom is -0.267 e. The summed E-state index contributed by atoms with van der Waals surface area (Å²) in [5.74, 6) is -0.0471. The van der Waals surface area contributed by atoms with Crippen LogP contribution in [-0.2, 0) is 6.42 Å². The van der Waals surface area contributed by atoms with E-state index in [1.807, 2.05) is 56.3 Å². The first-order valence-corrected chi connectivity index (χ1v) is 8.71. The van der Waals surface area contributed by atoms with Crippen LogP contribution >= 0.6 is 0 Å². The van der Waals surface area contributed by atoms with Crippen molar-refractivity contribution in [2.75, 3.05) is 0 Å². The van der Waals surface area contributed by atoms with Crippen LogP contribution in [0.4, 0.5) is 0 Å². The summed E-state index contributed by atoms with van der Waals surface area (Å²) in [7, 11) is 0. The molecule has 0 amide bonds. The van der Waals surface area contributed by atoms with Gasteiger partial charge in [-0.1, -0.05) is 56.2 Å².